The first-order chi connectivity index (χ1) is 13.6. The number of carbonyl (C=O) groups excluding carboxylic acids is 1. The molecule has 3 rings (SSSR count). The minimum Gasteiger partial charge on any atom is -0.471 e. The number of esters is 1. The molecule has 0 spiro atoms. The van der Waals surface area contributed by atoms with Crippen LogP contribution in [0.2, 0.25) is 0 Å². The monoisotopic (exact) mass is 440 g/mol. The number of ether oxygens (including phenoxy) is 4. The summed E-state index contributed by atoms with van der Waals surface area (Å²) in [7, 11) is 1.15. The van der Waals surface area contributed by atoms with E-state index in [-0.39, 0.29) is 5.57 Å². The summed E-state index contributed by atoms with van der Waals surface area (Å²) < 4.78 is 21.0. The van der Waals surface area contributed by atoms with Crippen molar-refractivity contribution in [2.24, 2.45) is 11.8 Å². The van der Waals surface area contributed by atoms with Gasteiger partial charge in [-0.3, -0.25) is 0 Å². The second-order valence-corrected chi connectivity index (χ2v) is 8.04. The summed E-state index contributed by atoms with van der Waals surface area (Å²) in [6, 6.07) is 0. The van der Waals surface area contributed by atoms with E-state index in [1.54, 1.807) is 0 Å². The zero-order valence-corrected chi connectivity index (χ0v) is 16.4. The van der Waals surface area contributed by atoms with Crippen LogP contribution in [-0.4, -0.2) is 104 Å². The van der Waals surface area contributed by atoms with Gasteiger partial charge in [0, 0.05) is 5.92 Å². The number of fused-ring (bicyclic) bond motifs is 1. The predicted octanol–water partition coefficient (Wildman–Crippen LogP) is -2.82. The third-order valence-electron chi connectivity index (χ3n) is 5.81. The summed E-state index contributed by atoms with van der Waals surface area (Å²) in [6.45, 7) is 0.681. The molecule has 166 valence electrons. The zero-order valence-electron chi connectivity index (χ0n) is 15.7. The molecule has 2 aliphatic heterocycles. The Hall–Kier alpha value is -1.02. The molecule has 11 atom stereocenters. The molecule has 1 saturated carbocycles. The van der Waals surface area contributed by atoms with E-state index in [1.807, 2.05) is 0 Å². The number of methoxy groups -OCH3 is 1. The van der Waals surface area contributed by atoms with Gasteiger partial charge in [0.1, 0.15) is 24.4 Å². The number of rotatable bonds is 4. The Morgan fingerprint density at radius 3 is 2.41 bits per heavy atom. The van der Waals surface area contributed by atoms with Gasteiger partial charge in [0.15, 0.2) is 6.29 Å². The zero-order chi connectivity index (χ0) is 21.7. The number of hydrogen-bond donors (Lipinski definition) is 6. The van der Waals surface area contributed by atoms with Gasteiger partial charge >= 0.3 is 5.97 Å². The average Bonchev–Trinajstić information content (AvgIpc) is 2.88. The van der Waals surface area contributed by atoms with E-state index in [4.69, 9.17) is 25.8 Å². The van der Waals surface area contributed by atoms with Gasteiger partial charge in [-0.25, -0.2) is 4.79 Å². The van der Waals surface area contributed by atoms with Crippen LogP contribution >= 0.6 is 11.6 Å². The van der Waals surface area contributed by atoms with Crippen LogP contribution in [0.3, 0.4) is 0 Å². The minimum atomic E-state index is -1.77. The summed E-state index contributed by atoms with van der Waals surface area (Å²) in [5.74, 6) is -2.87. The highest BCUT2D eigenvalue weighted by atomic mass is 35.5. The fraction of sp³-hybridized carbons (Fsp3) is 0.824. The van der Waals surface area contributed by atoms with Crippen molar-refractivity contribution in [2.45, 2.75) is 61.0 Å². The highest BCUT2D eigenvalue weighted by molar-refractivity contribution is 6.22. The van der Waals surface area contributed by atoms with Crippen molar-refractivity contribution in [3.05, 3.63) is 11.8 Å². The third kappa shape index (κ3) is 3.64. The lowest BCUT2D eigenvalue weighted by Crippen LogP contribution is -2.61. The molecule has 11 nitrogen and oxygen atoms in total. The Morgan fingerprint density at radius 1 is 1.17 bits per heavy atom. The van der Waals surface area contributed by atoms with Crippen LogP contribution in [0.1, 0.15) is 6.92 Å². The van der Waals surface area contributed by atoms with E-state index in [2.05, 4.69) is 4.74 Å². The van der Waals surface area contributed by atoms with Crippen molar-refractivity contribution in [1.29, 1.82) is 0 Å². The fourth-order valence-electron chi connectivity index (χ4n) is 4.14. The van der Waals surface area contributed by atoms with E-state index >= 15 is 0 Å². The molecular weight excluding hydrogens is 416 g/mol. The molecule has 0 amide bonds. The standard InChI is InChI=1S/C17H25ClO11/c1-17(25)8-7(10(21)13(17)18)5(14(24)26-2)4-27-15(8)29-16-12(23)11(22)9(20)6(3-19)28-16/h4,6-13,15-16,19-23,25H,3H2,1-2H3/t6-,7?,8-,9-,10+,11+,12-,13-,15+,16+,17-/m1/s1. The molecule has 2 heterocycles. The number of alkyl halides is 1. The average molecular weight is 441 g/mol. The maximum Gasteiger partial charge on any atom is 0.337 e. The van der Waals surface area contributed by atoms with Crippen molar-refractivity contribution < 1.29 is 54.4 Å². The number of hydrogen-bond acceptors (Lipinski definition) is 11. The molecule has 3 aliphatic rings. The van der Waals surface area contributed by atoms with Crippen LogP contribution in [0, 0.1) is 11.8 Å². The highest BCUT2D eigenvalue weighted by Crippen LogP contribution is 2.51. The lowest BCUT2D eigenvalue weighted by atomic mass is 9.80. The second-order valence-electron chi connectivity index (χ2n) is 7.57. The van der Waals surface area contributed by atoms with Gasteiger partial charge in [-0.2, -0.15) is 0 Å². The quantitative estimate of drug-likeness (QED) is 0.196. The number of halogens is 1. The Morgan fingerprint density at radius 2 is 1.83 bits per heavy atom. The highest BCUT2D eigenvalue weighted by Gasteiger charge is 2.64. The first-order valence-electron chi connectivity index (χ1n) is 9.00. The van der Waals surface area contributed by atoms with Gasteiger partial charge in [0.05, 0.1) is 48.6 Å². The summed E-state index contributed by atoms with van der Waals surface area (Å²) in [4.78, 5) is 12.1. The summed E-state index contributed by atoms with van der Waals surface area (Å²) in [5.41, 5.74) is -1.82. The van der Waals surface area contributed by atoms with Crippen molar-refractivity contribution >= 4 is 17.6 Å². The molecule has 2 fully saturated rings. The molecule has 12 heteroatoms. The van der Waals surface area contributed by atoms with Crippen LogP contribution in [-0.2, 0) is 23.7 Å². The topological polar surface area (TPSA) is 175 Å². The minimum absolute atomic E-state index is 0.0536. The molecule has 6 N–H and O–H groups in total. The van der Waals surface area contributed by atoms with Gasteiger partial charge in [-0.1, -0.05) is 0 Å². The molecule has 29 heavy (non-hydrogen) atoms. The van der Waals surface area contributed by atoms with Gasteiger partial charge in [0.25, 0.3) is 0 Å². The Labute approximate surface area is 171 Å². The molecular formula is C17H25ClO11. The molecule has 0 aromatic rings. The lowest BCUT2D eigenvalue weighted by molar-refractivity contribution is -0.346. The largest absolute Gasteiger partial charge is 0.471 e. The Kier molecular flexibility index (Phi) is 6.45. The smallest absolute Gasteiger partial charge is 0.337 e. The molecule has 1 aliphatic carbocycles. The number of aliphatic hydroxyl groups excluding tert-OH is 5. The van der Waals surface area contributed by atoms with E-state index in [9.17, 15) is 35.4 Å². The maximum absolute atomic E-state index is 12.1. The molecule has 0 aromatic heterocycles. The van der Waals surface area contributed by atoms with Crippen molar-refractivity contribution in [1.82, 2.24) is 0 Å². The predicted molar refractivity (Wildman–Crippen MR) is 93.1 cm³/mol. The summed E-state index contributed by atoms with van der Waals surface area (Å²) in [5, 5.41) is 59.5. The molecule has 1 unspecified atom stereocenters. The first kappa shape index (κ1) is 22.7. The van der Waals surface area contributed by atoms with Crippen LogP contribution < -0.4 is 0 Å². The van der Waals surface area contributed by atoms with E-state index < -0.39 is 78.5 Å². The second kappa shape index (κ2) is 8.25. The Bertz CT molecular complexity index is 653. The summed E-state index contributed by atoms with van der Waals surface area (Å²) in [6.07, 6.45) is -9.41. The van der Waals surface area contributed by atoms with Crippen molar-refractivity contribution in [2.75, 3.05) is 13.7 Å². The Balaban J connectivity index is 1.90. The normalized spacial score (nSPS) is 49.8. The lowest BCUT2D eigenvalue weighted by Gasteiger charge is -2.44. The molecule has 1 saturated heterocycles. The first-order valence-corrected chi connectivity index (χ1v) is 9.44. The maximum atomic E-state index is 12.1. The summed E-state index contributed by atoms with van der Waals surface area (Å²) >= 11 is 6.19. The van der Waals surface area contributed by atoms with Crippen molar-refractivity contribution in [3.8, 4) is 0 Å². The van der Waals surface area contributed by atoms with Gasteiger partial charge in [0.2, 0.25) is 6.29 Å². The number of aliphatic hydroxyl groups is 6. The van der Waals surface area contributed by atoms with Crippen LogP contribution in [0.25, 0.3) is 0 Å². The van der Waals surface area contributed by atoms with Crippen LogP contribution in [0.5, 0.6) is 0 Å². The molecule has 0 aromatic carbocycles. The van der Waals surface area contributed by atoms with E-state index in [0.717, 1.165) is 13.4 Å². The van der Waals surface area contributed by atoms with E-state index in [0.29, 0.717) is 0 Å². The molecule has 0 radical (unpaired) electrons. The van der Waals surface area contributed by atoms with Gasteiger partial charge < -0.3 is 49.6 Å². The van der Waals surface area contributed by atoms with Gasteiger partial charge in [-0.05, 0) is 6.92 Å². The van der Waals surface area contributed by atoms with Gasteiger partial charge in [-0.15, -0.1) is 11.6 Å². The van der Waals surface area contributed by atoms with Crippen LogP contribution in [0.4, 0.5) is 0 Å². The fourth-order valence-corrected chi connectivity index (χ4v) is 4.45. The van der Waals surface area contributed by atoms with Crippen LogP contribution in [0.15, 0.2) is 11.8 Å². The van der Waals surface area contributed by atoms with Crippen molar-refractivity contribution in [3.63, 3.8) is 0 Å². The number of carbonyl (C=O) groups is 1. The van der Waals surface area contributed by atoms with E-state index in [1.165, 1.54) is 6.92 Å². The SMILES string of the molecule is COC(=O)C1=CO[C@@H](O[C@@H]2O[C@H](CO)[C@@H](O)[C@H](O)[C@H]2O)[C@H]2C1[C@H](O)[C@@H](Cl)[C@]2(C)O. The third-order valence-corrected chi connectivity index (χ3v) is 6.51. The molecule has 0 bridgehead atoms.